The third-order valence-corrected chi connectivity index (χ3v) is 5.24. The summed E-state index contributed by atoms with van der Waals surface area (Å²) in [4.78, 5) is 24.3. The highest BCUT2D eigenvalue weighted by molar-refractivity contribution is 5.83. The van der Waals surface area contributed by atoms with Gasteiger partial charge in [0.05, 0.1) is 46.2 Å². The number of rotatable bonds is 16. The van der Waals surface area contributed by atoms with Crippen molar-refractivity contribution in [3.8, 4) is 0 Å². The topological polar surface area (TPSA) is 83.1 Å². The zero-order valence-corrected chi connectivity index (χ0v) is 19.9. The normalized spacial score (nSPS) is 19.5. The zero-order valence-electron chi connectivity index (χ0n) is 19.9. The highest BCUT2D eigenvalue weighted by atomic mass is 16.6. The summed E-state index contributed by atoms with van der Waals surface area (Å²) in [6, 6.07) is 0.190. The Balaban J connectivity index is 0. The lowest BCUT2D eigenvalue weighted by Crippen LogP contribution is -2.39. The van der Waals surface area contributed by atoms with Gasteiger partial charge in [0.1, 0.15) is 5.78 Å². The maximum Gasteiger partial charge on any atom is 0.222 e. The Morgan fingerprint density at radius 3 is 1.90 bits per heavy atom. The molecule has 0 aromatic heterocycles. The van der Waals surface area contributed by atoms with Crippen molar-refractivity contribution in [2.45, 2.75) is 72.3 Å². The Hall–Kier alpha value is -1.02. The maximum absolute atomic E-state index is 12.3. The number of amides is 1. The molecule has 0 aliphatic heterocycles. The lowest BCUT2D eigenvalue weighted by Gasteiger charge is -2.29. The summed E-state index contributed by atoms with van der Waals surface area (Å²) in [5.74, 6) is 0.742. The maximum atomic E-state index is 12.3. The molecule has 0 radical (unpaired) electrons. The molecule has 1 fully saturated rings. The number of carbonyl (C=O) groups excluding carboxylic acids is 2. The molecule has 7 nitrogen and oxygen atoms in total. The molecule has 1 aliphatic rings. The highest BCUT2D eigenvalue weighted by Crippen LogP contribution is 2.28. The number of carbonyl (C=O) groups is 2. The summed E-state index contributed by atoms with van der Waals surface area (Å²) in [7, 11) is 1.64. The van der Waals surface area contributed by atoms with Gasteiger partial charge < -0.3 is 24.3 Å². The van der Waals surface area contributed by atoms with Crippen LogP contribution in [0.25, 0.3) is 0 Å². The molecule has 1 aliphatic carbocycles. The Morgan fingerprint density at radius 2 is 1.40 bits per heavy atom. The quantitative estimate of drug-likeness (QED) is 0.374. The molecule has 0 aromatic carbocycles. The largest absolute Gasteiger partial charge is 0.382 e. The molecule has 7 heteroatoms. The minimum Gasteiger partial charge on any atom is -0.382 e. The van der Waals surface area contributed by atoms with Crippen molar-refractivity contribution < 1.29 is 30.0 Å². The lowest BCUT2D eigenvalue weighted by molar-refractivity contribution is -0.127. The number of ether oxygens (including phenoxy) is 4. The molecular weight excluding hydrogens is 386 g/mol. The molecule has 1 N–H and O–H groups in total. The molecule has 1 atom stereocenters. The number of nitrogens with one attached hydrogen (secondary N) is 1. The van der Waals surface area contributed by atoms with Gasteiger partial charge in [0.2, 0.25) is 5.91 Å². The van der Waals surface area contributed by atoms with Gasteiger partial charge in [-0.05, 0) is 32.1 Å². The zero-order chi connectivity index (χ0) is 22.6. The smallest absolute Gasteiger partial charge is 0.222 e. The van der Waals surface area contributed by atoms with E-state index in [2.05, 4.69) is 12.2 Å². The number of hydrogen-bond acceptors (Lipinski definition) is 6. The van der Waals surface area contributed by atoms with Crippen LogP contribution in [0.4, 0.5) is 0 Å². The predicted octanol–water partition coefficient (Wildman–Crippen LogP) is 3.64. The van der Waals surface area contributed by atoms with Gasteiger partial charge in [-0.1, -0.05) is 27.7 Å². The molecule has 0 saturated heterocycles. The highest BCUT2D eigenvalue weighted by Gasteiger charge is 2.28. The number of ketones is 1. The second-order valence-corrected chi connectivity index (χ2v) is 7.41. The molecule has 0 heterocycles. The van der Waals surface area contributed by atoms with Crippen LogP contribution < -0.4 is 5.32 Å². The molecule has 180 valence electrons. The van der Waals surface area contributed by atoms with Crippen LogP contribution in [0.15, 0.2) is 0 Å². The first-order valence-corrected chi connectivity index (χ1v) is 11.6. The van der Waals surface area contributed by atoms with E-state index in [1.807, 2.05) is 20.8 Å². The number of Topliss-reactive ketones (excluding diaryl/α,β-unsaturated/α-hetero) is 1. The number of hydrogen-bond donors (Lipinski definition) is 1. The molecule has 0 spiro atoms. The van der Waals surface area contributed by atoms with Crippen LogP contribution in [0.2, 0.25) is 0 Å². The van der Waals surface area contributed by atoms with Crippen LogP contribution in [-0.2, 0) is 28.5 Å². The van der Waals surface area contributed by atoms with Gasteiger partial charge in [-0.25, -0.2) is 0 Å². The lowest BCUT2D eigenvalue weighted by atomic mass is 9.79. The van der Waals surface area contributed by atoms with Crippen LogP contribution in [0.5, 0.6) is 0 Å². The van der Waals surface area contributed by atoms with E-state index < -0.39 is 0 Å². The molecule has 1 unspecified atom stereocenters. The van der Waals surface area contributed by atoms with Gasteiger partial charge in [-0.2, -0.15) is 0 Å². The predicted molar refractivity (Wildman–Crippen MR) is 121 cm³/mol. The first-order chi connectivity index (χ1) is 14.6. The van der Waals surface area contributed by atoms with Crippen LogP contribution in [-0.4, -0.2) is 71.1 Å². The average Bonchev–Trinajstić information content (AvgIpc) is 2.78. The summed E-state index contributed by atoms with van der Waals surface area (Å²) in [6.45, 7) is 11.6. The van der Waals surface area contributed by atoms with E-state index in [-0.39, 0.29) is 25.2 Å². The monoisotopic (exact) mass is 433 g/mol. The summed E-state index contributed by atoms with van der Waals surface area (Å²) in [5.41, 5.74) is 0. The van der Waals surface area contributed by atoms with Gasteiger partial charge in [0.15, 0.2) is 0 Å². The standard InChI is InChI=1S/C21H39NO6.C2H6.H2/c1-4-17(2)21(24)18-5-7-19(8-6-18)22-20(23)9-10-26-13-14-28-16-15-27-12-11-25-3;1-2;/h17-19H,4-16H2,1-3H3,(H,22,23);1-2H3;1H. The van der Waals surface area contributed by atoms with Crippen molar-refractivity contribution in [1.29, 1.82) is 0 Å². The Kier molecular flexibility index (Phi) is 19.2. The SMILES string of the molecule is CC.CCC(C)C(=O)C1CCC(NC(=O)CCOCCOCCOCCOC)CC1.[HH]. The molecule has 0 bridgehead atoms. The van der Waals surface area contributed by atoms with Crippen LogP contribution in [0.1, 0.15) is 67.6 Å². The minimum atomic E-state index is 0. The molecule has 1 saturated carbocycles. The van der Waals surface area contributed by atoms with E-state index in [9.17, 15) is 9.59 Å². The number of methoxy groups -OCH3 is 1. The first-order valence-electron chi connectivity index (χ1n) is 11.6. The molecule has 30 heavy (non-hydrogen) atoms. The third kappa shape index (κ3) is 14.1. The third-order valence-electron chi connectivity index (χ3n) is 5.24. The Morgan fingerprint density at radius 1 is 0.900 bits per heavy atom. The van der Waals surface area contributed by atoms with E-state index in [0.29, 0.717) is 58.5 Å². The van der Waals surface area contributed by atoms with Crippen molar-refractivity contribution >= 4 is 11.7 Å². The summed E-state index contributed by atoms with van der Waals surface area (Å²) < 4.78 is 21.0. The second kappa shape index (κ2) is 19.9. The fourth-order valence-electron chi connectivity index (χ4n) is 3.27. The molecule has 1 amide bonds. The van der Waals surface area contributed by atoms with E-state index in [4.69, 9.17) is 18.9 Å². The fourth-order valence-corrected chi connectivity index (χ4v) is 3.27. The summed E-state index contributed by atoms with van der Waals surface area (Å²) in [5, 5.41) is 3.07. The van der Waals surface area contributed by atoms with Crippen molar-refractivity contribution in [2.24, 2.45) is 11.8 Å². The van der Waals surface area contributed by atoms with Gasteiger partial charge in [0, 0.05) is 32.8 Å². The van der Waals surface area contributed by atoms with Crippen LogP contribution in [0.3, 0.4) is 0 Å². The molecule has 1 rings (SSSR count). The summed E-state index contributed by atoms with van der Waals surface area (Å²) >= 11 is 0. The first kappa shape index (κ1) is 29.0. The van der Waals surface area contributed by atoms with Gasteiger partial charge in [-0.3, -0.25) is 9.59 Å². The van der Waals surface area contributed by atoms with E-state index in [1.54, 1.807) is 7.11 Å². The van der Waals surface area contributed by atoms with Crippen molar-refractivity contribution in [3.05, 3.63) is 0 Å². The van der Waals surface area contributed by atoms with Crippen molar-refractivity contribution in [1.82, 2.24) is 5.32 Å². The average molecular weight is 434 g/mol. The minimum absolute atomic E-state index is 0. The Bertz CT molecular complexity index is 430. The van der Waals surface area contributed by atoms with Gasteiger partial charge >= 0.3 is 0 Å². The van der Waals surface area contributed by atoms with Gasteiger partial charge in [-0.15, -0.1) is 0 Å². The van der Waals surface area contributed by atoms with Crippen molar-refractivity contribution in [3.63, 3.8) is 0 Å². The van der Waals surface area contributed by atoms with E-state index in [1.165, 1.54) is 0 Å². The van der Waals surface area contributed by atoms with Crippen LogP contribution in [0, 0.1) is 11.8 Å². The molecule has 0 aromatic rings. The fraction of sp³-hybridized carbons (Fsp3) is 0.913. The van der Waals surface area contributed by atoms with E-state index >= 15 is 0 Å². The summed E-state index contributed by atoms with van der Waals surface area (Å²) in [6.07, 6.45) is 4.81. The second-order valence-electron chi connectivity index (χ2n) is 7.41. The molecular formula is C23H47NO6. The van der Waals surface area contributed by atoms with E-state index in [0.717, 1.165) is 32.1 Å². The van der Waals surface area contributed by atoms with Crippen molar-refractivity contribution in [2.75, 3.05) is 53.4 Å². The van der Waals surface area contributed by atoms with Crippen LogP contribution >= 0.6 is 0 Å². The Labute approximate surface area is 185 Å². The van der Waals surface area contributed by atoms with Gasteiger partial charge in [0.25, 0.3) is 0 Å².